The second-order valence-electron chi connectivity index (χ2n) is 12.7. The van der Waals surface area contributed by atoms with Crippen LogP contribution in [0, 0.1) is 10.8 Å². The summed E-state index contributed by atoms with van der Waals surface area (Å²) >= 11 is 0. The number of ether oxygens (including phenoxy) is 2. The fourth-order valence-electron chi connectivity index (χ4n) is 4.85. The van der Waals surface area contributed by atoms with Gasteiger partial charge in [0.25, 0.3) is 5.91 Å². The topological polar surface area (TPSA) is 171 Å². The van der Waals surface area contributed by atoms with E-state index in [1.165, 1.54) is 12.1 Å². The molecule has 2 aromatic carbocycles. The first-order valence-corrected chi connectivity index (χ1v) is 15.8. The third-order valence-electron chi connectivity index (χ3n) is 7.53. The lowest BCUT2D eigenvalue weighted by Gasteiger charge is -2.35. The first kappa shape index (κ1) is 26.8. The number of hydrogen-bond acceptors (Lipinski definition) is 9. The number of benzene rings is 2. The molecule has 0 radical (unpaired) electrons. The zero-order valence-corrected chi connectivity index (χ0v) is 29.0. The van der Waals surface area contributed by atoms with Gasteiger partial charge in [-0.05, 0) is 40.5 Å². The van der Waals surface area contributed by atoms with Gasteiger partial charge in [0.05, 0.1) is 34.8 Å². The number of rotatable bonds is 14. The fourth-order valence-corrected chi connectivity index (χ4v) is 4.85. The molecule has 0 saturated heterocycles. The van der Waals surface area contributed by atoms with Crippen molar-refractivity contribution in [3.63, 3.8) is 0 Å². The van der Waals surface area contributed by atoms with Gasteiger partial charge in [-0.2, -0.15) is 0 Å². The number of hydrazine groups is 1. The predicted molar refractivity (Wildman–Crippen MR) is 194 cm³/mol. The smallest absolute Gasteiger partial charge is 0.407 e. The Morgan fingerprint density at radius 3 is 1.92 bits per heavy atom. The minimum absolute atomic E-state index is 0.0540. The van der Waals surface area contributed by atoms with Crippen LogP contribution in [0.2, 0.25) is 0 Å². The zero-order chi connectivity index (χ0) is 47.1. The lowest BCUT2D eigenvalue weighted by molar-refractivity contribution is -0.132. The fraction of sp³-hybridized carbons (Fsp3) is 0.447. The van der Waals surface area contributed by atoms with Gasteiger partial charge < -0.3 is 30.5 Å². The Bertz CT molecular complexity index is 1940. The average molecular weight is 716 g/mol. The summed E-state index contributed by atoms with van der Waals surface area (Å²) in [6, 6.07) is 13.3. The van der Waals surface area contributed by atoms with Crippen LogP contribution in [0.15, 0.2) is 79.0 Å². The number of nitrogens with one attached hydrogen (secondary N) is 4. The van der Waals surface area contributed by atoms with Gasteiger partial charge in [0.1, 0.15) is 12.1 Å². The zero-order valence-electron chi connectivity index (χ0n) is 40.0. The number of aromatic nitrogens is 1. The van der Waals surface area contributed by atoms with Crippen molar-refractivity contribution in [3.05, 3.63) is 90.1 Å². The SMILES string of the molecule is [2H]C([2H])(c1ccc(-c2ccccn2)cc1)N(C[C@H](O)[C@H](Cc1ccccc1)NC(=O)[C@@H](NC(=O)OC)C(C([2H])([2H])[2H])(C([2H])([2H])[2H])C([2H])([2H])[2H])NC(=O)[C@@H](NC(=O)OC)C(C)(C)C. The van der Waals surface area contributed by atoms with Gasteiger partial charge in [0.15, 0.2) is 0 Å². The Morgan fingerprint density at radius 1 is 0.804 bits per heavy atom. The van der Waals surface area contributed by atoms with Gasteiger partial charge in [-0.15, -0.1) is 0 Å². The lowest BCUT2D eigenvalue weighted by Crippen LogP contribution is -2.60. The first-order chi connectivity index (χ1) is 28.5. The third-order valence-corrected chi connectivity index (χ3v) is 7.53. The van der Waals surface area contributed by atoms with Crippen LogP contribution in [0.1, 0.15) is 67.5 Å². The maximum Gasteiger partial charge on any atom is 0.407 e. The van der Waals surface area contributed by atoms with Crippen LogP contribution in [0.4, 0.5) is 9.59 Å². The number of carbonyl (C=O) groups excluding carboxylic acids is 4. The normalized spacial score (nSPS) is 18.2. The molecule has 4 atom stereocenters. The number of aliphatic hydroxyl groups is 1. The molecule has 276 valence electrons. The number of aliphatic hydroxyl groups excluding tert-OH is 1. The molecule has 0 aliphatic carbocycles. The molecule has 0 unspecified atom stereocenters. The molecule has 5 N–H and O–H groups in total. The molecule has 4 amide bonds. The number of carbonyl (C=O) groups is 4. The predicted octanol–water partition coefficient (Wildman–Crippen LogP) is 4.21. The molecule has 0 spiro atoms. The summed E-state index contributed by atoms with van der Waals surface area (Å²) in [6.45, 7) is -10.7. The average Bonchev–Trinajstić information content (AvgIpc) is 3.17. The maximum atomic E-state index is 14.4. The molecule has 0 saturated carbocycles. The minimum atomic E-state index is -3.98. The Morgan fingerprint density at radius 2 is 1.39 bits per heavy atom. The van der Waals surface area contributed by atoms with E-state index in [1.54, 1.807) is 92.9 Å². The highest BCUT2D eigenvalue weighted by molar-refractivity contribution is 5.87. The van der Waals surface area contributed by atoms with Crippen molar-refractivity contribution < 1.29 is 48.8 Å². The molecule has 0 aliphatic heterocycles. The molecule has 0 fully saturated rings. The summed E-state index contributed by atoms with van der Waals surface area (Å²) in [4.78, 5) is 57.7. The molecule has 0 bridgehead atoms. The Hall–Kier alpha value is -5.01. The van der Waals surface area contributed by atoms with Crippen LogP contribution >= 0.6 is 0 Å². The first-order valence-electron chi connectivity index (χ1n) is 21.3. The second-order valence-corrected chi connectivity index (χ2v) is 12.7. The van der Waals surface area contributed by atoms with E-state index in [0.29, 0.717) is 21.8 Å². The van der Waals surface area contributed by atoms with Gasteiger partial charge in [-0.3, -0.25) is 20.0 Å². The quantitative estimate of drug-likeness (QED) is 0.153. The summed E-state index contributed by atoms with van der Waals surface area (Å²) in [5.74, 6) is -2.63. The van der Waals surface area contributed by atoms with Gasteiger partial charge in [0.2, 0.25) is 5.91 Å². The summed E-state index contributed by atoms with van der Waals surface area (Å²) in [7, 11) is 1.88. The molecular formula is C38H52N6O7. The van der Waals surface area contributed by atoms with E-state index in [-0.39, 0.29) is 12.0 Å². The molecule has 0 aliphatic rings. The number of hydrogen-bond donors (Lipinski definition) is 5. The molecule has 13 heteroatoms. The molecular weight excluding hydrogens is 652 g/mol. The monoisotopic (exact) mass is 715 g/mol. The molecule has 1 heterocycles. The number of methoxy groups -OCH3 is 2. The maximum absolute atomic E-state index is 14.4. The van der Waals surface area contributed by atoms with E-state index in [1.807, 2.05) is 0 Å². The van der Waals surface area contributed by atoms with E-state index < -0.39 is 92.7 Å². The summed E-state index contributed by atoms with van der Waals surface area (Å²) < 4.78 is 102. The summed E-state index contributed by atoms with van der Waals surface area (Å²) in [5, 5.41) is 19.3. The third kappa shape index (κ3) is 12.7. The van der Waals surface area contributed by atoms with E-state index in [9.17, 15) is 27.0 Å². The Kier molecular flexibility index (Phi) is 9.59. The van der Waals surface area contributed by atoms with Crippen LogP contribution in [0.5, 0.6) is 0 Å². The molecule has 13 nitrogen and oxygen atoms in total. The number of amides is 4. The Labute approximate surface area is 315 Å². The van der Waals surface area contributed by atoms with Crippen molar-refractivity contribution in [3.8, 4) is 11.3 Å². The molecule has 3 rings (SSSR count). The van der Waals surface area contributed by atoms with Gasteiger partial charge in [-0.1, -0.05) is 102 Å². The largest absolute Gasteiger partial charge is 0.453 e. The number of alkyl carbamates (subject to hydrolysis) is 2. The van der Waals surface area contributed by atoms with E-state index >= 15 is 0 Å². The highest BCUT2D eigenvalue weighted by Gasteiger charge is 2.37. The number of nitrogens with zero attached hydrogens (tertiary/aromatic N) is 2. The lowest BCUT2D eigenvalue weighted by atomic mass is 9.85. The molecule has 1 aromatic heterocycles. The van der Waals surface area contributed by atoms with Gasteiger partial charge >= 0.3 is 12.2 Å². The van der Waals surface area contributed by atoms with Gasteiger partial charge in [0, 0.05) is 37.1 Å². The highest BCUT2D eigenvalue weighted by Crippen LogP contribution is 2.23. The number of pyridine rings is 1. The van der Waals surface area contributed by atoms with Crippen molar-refractivity contribution >= 4 is 24.0 Å². The van der Waals surface area contributed by atoms with Gasteiger partial charge in [-0.25, -0.2) is 14.6 Å². The summed E-state index contributed by atoms with van der Waals surface area (Å²) in [6.07, 6.45) is -3.27. The van der Waals surface area contributed by atoms with E-state index in [4.69, 9.17) is 17.1 Å². The van der Waals surface area contributed by atoms with Crippen LogP contribution < -0.4 is 21.4 Å². The van der Waals surface area contributed by atoms with Crippen LogP contribution in [-0.2, 0) is 32.0 Å². The van der Waals surface area contributed by atoms with Crippen molar-refractivity contribution in [2.45, 2.75) is 78.5 Å². The molecule has 51 heavy (non-hydrogen) atoms. The summed E-state index contributed by atoms with van der Waals surface area (Å²) in [5.41, 5.74) is -0.971. The second kappa shape index (κ2) is 18.3. The van der Waals surface area contributed by atoms with E-state index in [0.717, 1.165) is 14.2 Å². The van der Waals surface area contributed by atoms with Crippen molar-refractivity contribution in [2.75, 3.05) is 20.8 Å². The van der Waals surface area contributed by atoms with E-state index in [2.05, 4.69) is 25.8 Å². The Balaban J connectivity index is 2.22. The van der Waals surface area contributed by atoms with Crippen molar-refractivity contribution in [2.24, 2.45) is 10.8 Å². The van der Waals surface area contributed by atoms with Crippen molar-refractivity contribution in [1.29, 1.82) is 0 Å². The minimum Gasteiger partial charge on any atom is -0.453 e. The van der Waals surface area contributed by atoms with Crippen LogP contribution in [-0.4, -0.2) is 84.1 Å². The molecule has 3 aromatic rings. The van der Waals surface area contributed by atoms with Crippen LogP contribution in [0.3, 0.4) is 0 Å². The standard InChI is InChI=1S/C38H52N6O7/c1-37(2,3)31(41-35(48)50-7)33(46)40-29(22-25-14-10-9-11-15-25)30(45)24-44(43-34(47)32(38(4,5)6)42-36(49)51-8)23-26-17-19-27(20-18-26)28-16-12-13-21-39-28/h9-21,29-32,45H,22-24H2,1-8H3,(H,40,46)(H,41,48)(H,42,49)(H,43,47)/t29-,30-,31+,32+/m0/s1/i1D3,2D3,3D3,23D2. The highest BCUT2D eigenvalue weighted by atomic mass is 16.5. The van der Waals surface area contributed by atoms with Crippen LogP contribution in [0.25, 0.3) is 11.3 Å². The van der Waals surface area contributed by atoms with Crippen molar-refractivity contribution in [1.82, 2.24) is 31.4 Å².